The maximum Gasteiger partial charge on any atom is 0.189 e. The lowest BCUT2D eigenvalue weighted by Crippen LogP contribution is -2.34. The molecule has 0 saturated heterocycles. The van der Waals surface area contributed by atoms with Crippen LogP contribution in [0.1, 0.15) is 17.2 Å². The van der Waals surface area contributed by atoms with Gasteiger partial charge in [0.15, 0.2) is 17.5 Å². The smallest absolute Gasteiger partial charge is 0.189 e. The van der Waals surface area contributed by atoms with Gasteiger partial charge in [0.1, 0.15) is 5.75 Å². The number of nitrogens with zero attached hydrogens (tertiary/aromatic N) is 1. The van der Waals surface area contributed by atoms with Gasteiger partial charge in [-0.1, -0.05) is 18.2 Å². The molecule has 0 fully saturated rings. The van der Waals surface area contributed by atoms with E-state index in [1.54, 1.807) is 27.4 Å². The first kappa shape index (κ1) is 22.8. The highest BCUT2D eigenvalue weighted by molar-refractivity contribution is 14.0. The number of hydrogen-bond donors (Lipinski definition) is 3. The van der Waals surface area contributed by atoms with E-state index >= 15 is 0 Å². The summed E-state index contributed by atoms with van der Waals surface area (Å²) in [5.41, 5.74) is 7.55. The summed E-state index contributed by atoms with van der Waals surface area (Å²) in [6, 6.07) is 12.8. The fourth-order valence-electron chi connectivity index (χ4n) is 2.38. The molecule has 1 atom stereocenters. The van der Waals surface area contributed by atoms with E-state index in [1.165, 1.54) is 0 Å². The van der Waals surface area contributed by atoms with Crippen LogP contribution in [0, 0.1) is 0 Å². The first-order valence-electron chi connectivity index (χ1n) is 8.14. The van der Waals surface area contributed by atoms with Crippen molar-refractivity contribution in [1.82, 2.24) is 5.32 Å². The third kappa shape index (κ3) is 6.79. The van der Waals surface area contributed by atoms with Crippen LogP contribution in [0.5, 0.6) is 17.2 Å². The van der Waals surface area contributed by atoms with Crippen molar-refractivity contribution in [3.8, 4) is 17.2 Å². The van der Waals surface area contributed by atoms with E-state index in [4.69, 9.17) is 19.9 Å². The van der Waals surface area contributed by atoms with E-state index in [0.717, 1.165) is 11.1 Å². The maximum absolute atomic E-state index is 10.2. The van der Waals surface area contributed by atoms with Crippen molar-refractivity contribution in [2.75, 3.05) is 27.9 Å². The van der Waals surface area contributed by atoms with Crippen LogP contribution in [0.25, 0.3) is 0 Å². The quantitative estimate of drug-likeness (QED) is 0.301. The van der Waals surface area contributed by atoms with Crippen LogP contribution in [0.3, 0.4) is 0 Å². The highest BCUT2D eigenvalue weighted by atomic mass is 127. The lowest BCUT2D eigenvalue weighted by Gasteiger charge is -2.13. The molecule has 0 aliphatic carbocycles. The summed E-state index contributed by atoms with van der Waals surface area (Å²) < 4.78 is 15.6. The molecule has 27 heavy (non-hydrogen) atoms. The molecule has 7 nitrogen and oxygen atoms in total. The van der Waals surface area contributed by atoms with Gasteiger partial charge in [-0.15, -0.1) is 24.0 Å². The van der Waals surface area contributed by atoms with E-state index in [-0.39, 0.29) is 36.5 Å². The lowest BCUT2D eigenvalue weighted by molar-refractivity contribution is 0.180. The number of benzene rings is 2. The van der Waals surface area contributed by atoms with Gasteiger partial charge in [0.05, 0.1) is 34.0 Å². The largest absolute Gasteiger partial charge is 0.497 e. The number of halogens is 1. The van der Waals surface area contributed by atoms with Gasteiger partial charge in [0.25, 0.3) is 0 Å². The molecule has 0 amide bonds. The van der Waals surface area contributed by atoms with E-state index in [1.807, 2.05) is 36.4 Å². The third-order valence-electron chi connectivity index (χ3n) is 3.84. The van der Waals surface area contributed by atoms with Crippen molar-refractivity contribution in [1.29, 1.82) is 0 Å². The molecule has 1 unspecified atom stereocenters. The number of aliphatic hydroxyl groups excluding tert-OH is 1. The summed E-state index contributed by atoms with van der Waals surface area (Å²) in [7, 11) is 4.76. The summed E-state index contributed by atoms with van der Waals surface area (Å²) in [4.78, 5) is 4.28. The topological polar surface area (TPSA) is 98.3 Å². The van der Waals surface area contributed by atoms with Crippen LogP contribution in [-0.2, 0) is 6.54 Å². The molecule has 2 aromatic rings. The van der Waals surface area contributed by atoms with Crippen LogP contribution in [0.2, 0.25) is 0 Å². The number of nitrogens with one attached hydrogen (secondary N) is 1. The normalized spacial score (nSPS) is 11.9. The number of nitrogens with two attached hydrogens (primary N) is 1. The average molecular weight is 487 g/mol. The predicted octanol–water partition coefficient (Wildman–Crippen LogP) is 2.47. The molecule has 2 rings (SSSR count). The van der Waals surface area contributed by atoms with Crippen molar-refractivity contribution in [3.63, 3.8) is 0 Å². The molecular weight excluding hydrogens is 461 g/mol. The Morgan fingerprint density at radius 3 is 2.48 bits per heavy atom. The molecule has 8 heteroatoms. The van der Waals surface area contributed by atoms with Gasteiger partial charge in [0, 0.05) is 6.54 Å². The summed E-state index contributed by atoms with van der Waals surface area (Å²) in [5, 5.41) is 13.2. The Balaban J connectivity index is 0.00000364. The van der Waals surface area contributed by atoms with Crippen LogP contribution in [0.15, 0.2) is 47.5 Å². The van der Waals surface area contributed by atoms with E-state index in [9.17, 15) is 5.11 Å². The summed E-state index contributed by atoms with van der Waals surface area (Å²) in [5.74, 6) is 2.24. The molecule has 2 aromatic carbocycles. The molecule has 0 heterocycles. The Kier molecular flexibility index (Phi) is 9.73. The summed E-state index contributed by atoms with van der Waals surface area (Å²) in [6.07, 6.45) is -0.722. The van der Waals surface area contributed by atoms with Crippen molar-refractivity contribution in [3.05, 3.63) is 53.6 Å². The third-order valence-corrected chi connectivity index (χ3v) is 3.84. The second-order valence-corrected chi connectivity index (χ2v) is 5.56. The zero-order chi connectivity index (χ0) is 18.9. The molecule has 0 saturated carbocycles. The van der Waals surface area contributed by atoms with Crippen LogP contribution in [0.4, 0.5) is 0 Å². The Morgan fingerprint density at radius 1 is 1.07 bits per heavy atom. The van der Waals surface area contributed by atoms with Gasteiger partial charge in [-0.2, -0.15) is 0 Å². The second-order valence-electron chi connectivity index (χ2n) is 5.56. The number of methoxy groups -OCH3 is 3. The molecule has 0 aliphatic heterocycles. The van der Waals surface area contributed by atoms with E-state index < -0.39 is 6.10 Å². The first-order valence-corrected chi connectivity index (χ1v) is 8.14. The zero-order valence-electron chi connectivity index (χ0n) is 15.6. The van der Waals surface area contributed by atoms with Gasteiger partial charge in [-0.25, -0.2) is 4.99 Å². The number of rotatable bonds is 8. The predicted molar refractivity (Wildman–Crippen MR) is 116 cm³/mol. The minimum absolute atomic E-state index is 0. The number of aliphatic hydroxyl groups is 1. The number of hydrogen-bond acceptors (Lipinski definition) is 5. The highest BCUT2D eigenvalue weighted by Gasteiger charge is 2.09. The molecule has 0 radical (unpaired) electrons. The SMILES string of the molecule is COc1cccc(C(O)CNC(N)=NCc2ccc(OC)c(OC)c2)c1.I. The fourth-order valence-corrected chi connectivity index (χ4v) is 2.38. The molecule has 4 N–H and O–H groups in total. The summed E-state index contributed by atoms with van der Waals surface area (Å²) >= 11 is 0. The van der Waals surface area contributed by atoms with Gasteiger partial charge < -0.3 is 30.4 Å². The fraction of sp³-hybridized carbons (Fsp3) is 0.316. The molecule has 0 aromatic heterocycles. The minimum atomic E-state index is -0.722. The lowest BCUT2D eigenvalue weighted by atomic mass is 10.1. The van der Waals surface area contributed by atoms with E-state index in [2.05, 4.69) is 10.3 Å². The zero-order valence-corrected chi connectivity index (χ0v) is 18.0. The second kappa shape index (κ2) is 11.5. The Bertz CT molecular complexity index is 755. The number of guanidine groups is 1. The van der Waals surface area contributed by atoms with Gasteiger partial charge in [-0.3, -0.25) is 0 Å². The standard InChI is InChI=1S/C19H25N3O4.HI/c1-24-15-6-4-5-14(10-15)16(23)12-22-19(20)21-11-13-7-8-17(25-2)18(9-13)26-3;/h4-10,16,23H,11-12H2,1-3H3,(H3,20,21,22);1H. The van der Waals surface area contributed by atoms with Crippen LogP contribution < -0.4 is 25.3 Å². The first-order chi connectivity index (χ1) is 12.6. The number of ether oxygens (including phenoxy) is 3. The monoisotopic (exact) mass is 487 g/mol. The molecule has 148 valence electrons. The van der Waals surface area contributed by atoms with Gasteiger partial charge in [0.2, 0.25) is 0 Å². The van der Waals surface area contributed by atoms with Gasteiger partial charge >= 0.3 is 0 Å². The molecule has 0 spiro atoms. The van der Waals surface area contributed by atoms with Crippen molar-refractivity contribution in [2.24, 2.45) is 10.7 Å². The Morgan fingerprint density at radius 2 is 1.81 bits per heavy atom. The minimum Gasteiger partial charge on any atom is -0.497 e. The van der Waals surface area contributed by atoms with E-state index in [0.29, 0.717) is 23.8 Å². The maximum atomic E-state index is 10.2. The number of aliphatic imine (C=N–C) groups is 1. The van der Waals surface area contributed by atoms with Crippen molar-refractivity contribution < 1.29 is 19.3 Å². The highest BCUT2D eigenvalue weighted by Crippen LogP contribution is 2.27. The molecule has 0 bridgehead atoms. The Labute approximate surface area is 176 Å². The molecule has 0 aliphatic rings. The summed E-state index contributed by atoms with van der Waals surface area (Å²) in [6.45, 7) is 0.628. The van der Waals surface area contributed by atoms with Crippen molar-refractivity contribution in [2.45, 2.75) is 12.6 Å². The van der Waals surface area contributed by atoms with Crippen LogP contribution in [-0.4, -0.2) is 38.9 Å². The average Bonchev–Trinajstić information content (AvgIpc) is 2.70. The Hall–Kier alpha value is -2.20. The van der Waals surface area contributed by atoms with Crippen LogP contribution >= 0.6 is 24.0 Å². The van der Waals surface area contributed by atoms with Gasteiger partial charge in [-0.05, 0) is 35.4 Å². The van der Waals surface area contributed by atoms with Crippen molar-refractivity contribution >= 4 is 29.9 Å². The molecular formula is C19H26IN3O4.